The summed E-state index contributed by atoms with van der Waals surface area (Å²) in [5.41, 5.74) is 3.49. The Hall–Kier alpha value is -2.27. The summed E-state index contributed by atoms with van der Waals surface area (Å²) in [4.78, 5) is 19.0. The van der Waals surface area contributed by atoms with Crippen molar-refractivity contribution in [3.8, 4) is 5.75 Å². The van der Waals surface area contributed by atoms with E-state index in [0.717, 1.165) is 22.2 Å². The second-order valence-electron chi connectivity index (χ2n) is 6.24. The largest absolute Gasteiger partial charge is 0.494 e. The van der Waals surface area contributed by atoms with Crippen LogP contribution in [0.25, 0.3) is 0 Å². The average molecular weight is 369 g/mol. The number of hydrogen-bond acceptors (Lipinski definition) is 4. The first kappa shape index (κ1) is 18.5. The van der Waals surface area contributed by atoms with Crippen LogP contribution < -0.4 is 4.74 Å². The van der Waals surface area contributed by atoms with Crippen LogP contribution in [-0.2, 0) is 17.0 Å². The van der Waals surface area contributed by atoms with Gasteiger partial charge in [0, 0.05) is 12.3 Å². The predicted octanol–water partition coefficient (Wildman–Crippen LogP) is 4.07. The quantitative estimate of drug-likeness (QED) is 0.772. The molecule has 0 aliphatic carbocycles. The van der Waals surface area contributed by atoms with E-state index in [0.29, 0.717) is 26.1 Å². The molecular weight excluding hydrogens is 344 g/mol. The Balaban J connectivity index is 1.56. The van der Waals surface area contributed by atoms with Crippen LogP contribution in [0.4, 0.5) is 0 Å². The third-order valence-electron chi connectivity index (χ3n) is 4.18. The molecule has 5 heteroatoms. The van der Waals surface area contributed by atoms with Gasteiger partial charge in [-0.25, -0.2) is 0 Å². The molecule has 0 saturated carbocycles. The number of amidine groups is 1. The summed E-state index contributed by atoms with van der Waals surface area (Å²) in [7, 11) is 0. The van der Waals surface area contributed by atoms with E-state index in [2.05, 4.69) is 36.2 Å². The van der Waals surface area contributed by atoms with Crippen molar-refractivity contribution < 1.29 is 9.53 Å². The van der Waals surface area contributed by atoms with Gasteiger partial charge in [0.05, 0.1) is 19.6 Å². The van der Waals surface area contributed by atoms with Gasteiger partial charge in [0.15, 0.2) is 5.17 Å². The van der Waals surface area contributed by atoms with Gasteiger partial charge < -0.3 is 4.74 Å². The number of carbonyl (C=O) groups is 1. The van der Waals surface area contributed by atoms with Crippen LogP contribution in [-0.4, -0.2) is 35.7 Å². The summed E-state index contributed by atoms with van der Waals surface area (Å²) in [6, 6.07) is 16.2. The van der Waals surface area contributed by atoms with E-state index < -0.39 is 0 Å². The lowest BCUT2D eigenvalue weighted by Crippen LogP contribution is -2.34. The van der Waals surface area contributed by atoms with E-state index in [9.17, 15) is 4.79 Å². The second-order valence-corrected chi connectivity index (χ2v) is 7.18. The minimum absolute atomic E-state index is 0.0989. The van der Waals surface area contributed by atoms with Gasteiger partial charge in [0.2, 0.25) is 5.91 Å². The Morgan fingerprint density at radius 1 is 1.12 bits per heavy atom. The SMILES string of the molecule is CCOc1ccc(CC(=O)N2CCN=C2SCc2ccc(C)cc2)cc1. The van der Waals surface area contributed by atoms with Gasteiger partial charge in [0.1, 0.15) is 5.75 Å². The molecule has 136 valence electrons. The van der Waals surface area contributed by atoms with Crippen LogP contribution in [0.1, 0.15) is 23.6 Å². The molecule has 26 heavy (non-hydrogen) atoms. The Bertz CT molecular complexity index is 770. The topological polar surface area (TPSA) is 41.9 Å². The van der Waals surface area contributed by atoms with Gasteiger partial charge in [0.25, 0.3) is 0 Å². The Kier molecular flexibility index (Phi) is 6.34. The monoisotopic (exact) mass is 368 g/mol. The maximum atomic E-state index is 12.7. The van der Waals surface area contributed by atoms with Gasteiger partial charge in [-0.2, -0.15) is 0 Å². The fourth-order valence-electron chi connectivity index (χ4n) is 2.75. The van der Waals surface area contributed by atoms with Gasteiger partial charge in [-0.1, -0.05) is 53.7 Å². The smallest absolute Gasteiger partial charge is 0.233 e. The molecule has 1 aliphatic heterocycles. The summed E-state index contributed by atoms with van der Waals surface area (Å²) in [5.74, 6) is 1.76. The zero-order valence-corrected chi connectivity index (χ0v) is 16.1. The molecule has 2 aromatic carbocycles. The van der Waals surface area contributed by atoms with E-state index in [-0.39, 0.29) is 5.91 Å². The number of carbonyl (C=O) groups excluding carboxylic acids is 1. The highest BCUT2D eigenvalue weighted by Crippen LogP contribution is 2.21. The lowest BCUT2D eigenvalue weighted by atomic mass is 10.1. The second kappa shape index (κ2) is 8.90. The highest BCUT2D eigenvalue weighted by molar-refractivity contribution is 8.13. The number of rotatable bonds is 6. The van der Waals surface area contributed by atoms with E-state index in [1.54, 1.807) is 11.8 Å². The van der Waals surface area contributed by atoms with Crippen molar-refractivity contribution in [1.29, 1.82) is 0 Å². The van der Waals surface area contributed by atoms with Crippen molar-refractivity contribution in [1.82, 2.24) is 4.90 Å². The van der Waals surface area contributed by atoms with Gasteiger partial charge in [-0.05, 0) is 37.1 Å². The van der Waals surface area contributed by atoms with Crippen LogP contribution in [0.3, 0.4) is 0 Å². The zero-order valence-electron chi connectivity index (χ0n) is 15.3. The Morgan fingerprint density at radius 3 is 2.50 bits per heavy atom. The number of hydrogen-bond donors (Lipinski definition) is 0. The fourth-order valence-corrected chi connectivity index (χ4v) is 3.77. The van der Waals surface area contributed by atoms with E-state index in [1.807, 2.05) is 36.1 Å². The maximum Gasteiger partial charge on any atom is 0.233 e. The van der Waals surface area contributed by atoms with Crippen molar-refractivity contribution in [2.24, 2.45) is 4.99 Å². The van der Waals surface area contributed by atoms with Gasteiger partial charge >= 0.3 is 0 Å². The normalized spacial score (nSPS) is 13.6. The highest BCUT2D eigenvalue weighted by Gasteiger charge is 2.24. The molecule has 0 radical (unpaired) electrons. The molecule has 1 amide bonds. The molecule has 0 N–H and O–H groups in total. The third-order valence-corrected chi connectivity index (χ3v) is 5.27. The van der Waals surface area contributed by atoms with Crippen LogP contribution >= 0.6 is 11.8 Å². The fraction of sp³-hybridized carbons (Fsp3) is 0.333. The number of aliphatic imine (C=N–C) groups is 1. The van der Waals surface area contributed by atoms with Crippen molar-refractivity contribution in [2.45, 2.75) is 26.0 Å². The first-order chi connectivity index (χ1) is 12.7. The highest BCUT2D eigenvalue weighted by atomic mass is 32.2. The van der Waals surface area contributed by atoms with E-state index in [4.69, 9.17) is 4.74 Å². The molecule has 1 aliphatic rings. The minimum atomic E-state index is 0.0989. The standard InChI is InChI=1S/C21H24N2O2S/c1-3-25-19-10-8-17(9-11-19)14-20(24)23-13-12-22-21(23)26-15-18-6-4-16(2)5-7-18/h4-11H,3,12-15H2,1-2H3. The Labute approximate surface area is 159 Å². The first-order valence-corrected chi connectivity index (χ1v) is 9.89. The van der Waals surface area contributed by atoms with E-state index >= 15 is 0 Å². The number of thioether (sulfide) groups is 1. The number of amides is 1. The van der Waals surface area contributed by atoms with E-state index in [1.165, 1.54) is 11.1 Å². The lowest BCUT2D eigenvalue weighted by Gasteiger charge is -2.18. The summed E-state index contributed by atoms with van der Waals surface area (Å²) < 4.78 is 5.45. The van der Waals surface area contributed by atoms with Crippen LogP contribution in [0.2, 0.25) is 0 Å². The maximum absolute atomic E-state index is 12.7. The minimum Gasteiger partial charge on any atom is -0.494 e. The first-order valence-electron chi connectivity index (χ1n) is 8.90. The lowest BCUT2D eigenvalue weighted by molar-refractivity contribution is -0.126. The molecule has 2 aromatic rings. The number of nitrogens with zero attached hydrogens (tertiary/aromatic N) is 2. The average Bonchev–Trinajstić information content (AvgIpc) is 3.12. The van der Waals surface area contributed by atoms with Crippen molar-refractivity contribution in [2.75, 3.05) is 19.7 Å². The predicted molar refractivity (Wildman–Crippen MR) is 108 cm³/mol. The van der Waals surface area contributed by atoms with Gasteiger partial charge in [-0.3, -0.25) is 14.7 Å². The van der Waals surface area contributed by atoms with Crippen molar-refractivity contribution in [3.05, 3.63) is 65.2 Å². The van der Waals surface area contributed by atoms with Gasteiger partial charge in [-0.15, -0.1) is 0 Å². The number of aryl methyl sites for hydroxylation is 1. The molecule has 0 bridgehead atoms. The van der Waals surface area contributed by atoms with Crippen molar-refractivity contribution in [3.63, 3.8) is 0 Å². The number of benzene rings is 2. The molecular formula is C21H24N2O2S. The molecule has 4 nitrogen and oxygen atoms in total. The molecule has 0 fully saturated rings. The summed E-state index contributed by atoms with van der Waals surface area (Å²) in [6.07, 6.45) is 0.385. The molecule has 0 saturated heterocycles. The third kappa shape index (κ3) is 4.88. The molecule has 0 atom stereocenters. The number of ether oxygens (including phenoxy) is 1. The molecule has 0 aromatic heterocycles. The summed E-state index contributed by atoms with van der Waals surface area (Å²) in [6.45, 7) is 6.04. The zero-order chi connectivity index (χ0) is 18.4. The molecule has 0 spiro atoms. The van der Waals surface area contributed by atoms with Crippen LogP contribution in [0.15, 0.2) is 53.5 Å². The van der Waals surface area contributed by atoms with Crippen LogP contribution in [0.5, 0.6) is 5.75 Å². The Morgan fingerprint density at radius 2 is 1.81 bits per heavy atom. The molecule has 3 rings (SSSR count). The molecule has 1 heterocycles. The molecule has 0 unspecified atom stereocenters. The summed E-state index contributed by atoms with van der Waals surface area (Å²) >= 11 is 1.63. The summed E-state index contributed by atoms with van der Waals surface area (Å²) in [5, 5.41) is 0.835. The van der Waals surface area contributed by atoms with Crippen molar-refractivity contribution >= 4 is 22.8 Å². The van der Waals surface area contributed by atoms with Crippen LogP contribution in [0, 0.1) is 6.92 Å².